The Balaban J connectivity index is 2.37. The van der Waals surface area contributed by atoms with Crippen LogP contribution < -0.4 is 4.90 Å². The fourth-order valence-corrected chi connectivity index (χ4v) is 2.34. The van der Waals surface area contributed by atoms with Gasteiger partial charge in [-0.3, -0.25) is 0 Å². The Hall–Kier alpha value is -1.76. The molecular weight excluding hydrogens is 287 g/mol. The van der Waals surface area contributed by atoms with E-state index in [1.165, 1.54) is 6.07 Å². The van der Waals surface area contributed by atoms with Crippen molar-refractivity contribution in [3.05, 3.63) is 29.3 Å². The number of alkyl halides is 3. The lowest BCUT2D eigenvalue weighted by Gasteiger charge is -2.35. The molecule has 4 nitrogen and oxygen atoms in total. The molecule has 116 valence electrons. The molecule has 0 bridgehead atoms. The van der Waals surface area contributed by atoms with Gasteiger partial charge in [0.05, 0.1) is 29.5 Å². The first-order valence-electron chi connectivity index (χ1n) is 6.64. The Morgan fingerprint density at radius 1 is 1.48 bits per heavy atom. The lowest BCUT2D eigenvalue weighted by atomic mass is 10.1. The van der Waals surface area contributed by atoms with Gasteiger partial charge >= 0.3 is 12.1 Å². The standard InChI is InChI=1S/C14H16F3NO3/c1-2-10-8-18(5-6-21-10)12-4-3-9(14(15,16)17)7-11(12)13(19)20/h3-4,7,10H,2,5-6,8H2,1H3,(H,19,20). The summed E-state index contributed by atoms with van der Waals surface area (Å²) < 4.78 is 43.6. The number of halogens is 3. The molecule has 1 aromatic carbocycles. The number of hydrogen-bond acceptors (Lipinski definition) is 3. The van der Waals surface area contributed by atoms with Crippen LogP contribution in [0.4, 0.5) is 18.9 Å². The third kappa shape index (κ3) is 3.47. The molecule has 1 aliphatic heterocycles. The van der Waals surface area contributed by atoms with E-state index in [-0.39, 0.29) is 11.7 Å². The molecule has 1 saturated heterocycles. The molecule has 1 N–H and O–H groups in total. The Morgan fingerprint density at radius 2 is 2.19 bits per heavy atom. The maximum atomic E-state index is 12.7. The van der Waals surface area contributed by atoms with E-state index in [0.29, 0.717) is 31.5 Å². The smallest absolute Gasteiger partial charge is 0.416 e. The number of carboxylic acids is 1. The van der Waals surface area contributed by atoms with Gasteiger partial charge in [-0.15, -0.1) is 0 Å². The van der Waals surface area contributed by atoms with Crippen molar-refractivity contribution in [2.45, 2.75) is 25.6 Å². The molecule has 7 heteroatoms. The van der Waals surface area contributed by atoms with Crippen molar-refractivity contribution >= 4 is 11.7 Å². The number of rotatable bonds is 3. The molecule has 0 saturated carbocycles. The van der Waals surface area contributed by atoms with Gasteiger partial charge in [-0.05, 0) is 24.6 Å². The molecule has 1 atom stereocenters. The molecule has 0 aliphatic carbocycles. The highest BCUT2D eigenvalue weighted by molar-refractivity contribution is 5.94. The third-order valence-corrected chi connectivity index (χ3v) is 3.49. The fraction of sp³-hybridized carbons (Fsp3) is 0.500. The van der Waals surface area contributed by atoms with E-state index in [9.17, 15) is 23.1 Å². The summed E-state index contributed by atoms with van der Waals surface area (Å²) in [5, 5.41) is 9.18. The van der Waals surface area contributed by atoms with Crippen LogP contribution in [0.15, 0.2) is 18.2 Å². The van der Waals surface area contributed by atoms with Crippen LogP contribution in [0.3, 0.4) is 0 Å². The first-order chi connectivity index (χ1) is 9.82. The molecule has 1 fully saturated rings. The van der Waals surface area contributed by atoms with Crippen LogP contribution in [-0.4, -0.2) is 36.9 Å². The minimum absolute atomic E-state index is 0.0392. The number of hydrogen-bond donors (Lipinski definition) is 1. The Bertz CT molecular complexity index is 531. The van der Waals surface area contributed by atoms with E-state index in [0.717, 1.165) is 12.5 Å². The van der Waals surface area contributed by atoms with Gasteiger partial charge in [0, 0.05) is 13.1 Å². The molecule has 1 unspecified atom stereocenters. The molecule has 0 radical (unpaired) electrons. The second-order valence-corrected chi connectivity index (χ2v) is 4.88. The zero-order valence-electron chi connectivity index (χ0n) is 11.5. The second kappa shape index (κ2) is 5.93. The van der Waals surface area contributed by atoms with Crippen molar-refractivity contribution in [3.8, 4) is 0 Å². The van der Waals surface area contributed by atoms with Gasteiger partial charge in [0.1, 0.15) is 0 Å². The third-order valence-electron chi connectivity index (χ3n) is 3.49. The van der Waals surface area contributed by atoms with Crippen LogP contribution >= 0.6 is 0 Å². The summed E-state index contributed by atoms with van der Waals surface area (Å²) in [7, 11) is 0. The van der Waals surface area contributed by atoms with E-state index in [1.807, 2.05) is 6.92 Å². The normalized spacial score (nSPS) is 19.6. The number of carboxylic acid groups (broad SMARTS) is 1. The number of benzene rings is 1. The number of ether oxygens (including phenoxy) is 1. The van der Waals surface area contributed by atoms with Gasteiger partial charge in [-0.1, -0.05) is 6.92 Å². The quantitative estimate of drug-likeness (QED) is 0.932. The van der Waals surface area contributed by atoms with Crippen LogP contribution in [0.25, 0.3) is 0 Å². The van der Waals surface area contributed by atoms with Crippen molar-refractivity contribution in [1.82, 2.24) is 0 Å². The first-order valence-corrected chi connectivity index (χ1v) is 6.64. The van der Waals surface area contributed by atoms with Crippen LogP contribution in [0.5, 0.6) is 0 Å². The summed E-state index contributed by atoms with van der Waals surface area (Å²) in [6, 6.07) is 2.83. The average molecular weight is 303 g/mol. The van der Waals surface area contributed by atoms with E-state index in [4.69, 9.17) is 4.74 Å². The van der Waals surface area contributed by atoms with E-state index in [2.05, 4.69) is 0 Å². The second-order valence-electron chi connectivity index (χ2n) is 4.88. The maximum absolute atomic E-state index is 12.7. The summed E-state index contributed by atoms with van der Waals surface area (Å²) >= 11 is 0. The molecule has 21 heavy (non-hydrogen) atoms. The van der Waals surface area contributed by atoms with Gasteiger partial charge in [-0.2, -0.15) is 13.2 Å². The number of morpholine rings is 1. The lowest BCUT2D eigenvalue weighted by molar-refractivity contribution is -0.137. The molecular formula is C14H16F3NO3. The molecule has 1 aliphatic rings. The largest absolute Gasteiger partial charge is 0.478 e. The maximum Gasteiger partial charge on any atom is 0.416 e. The first kappa shape index (κ1) is 15.6. The van der Waals surface area contributed by atoms with Crippen molar-refractivity contribution in [3.63, 3.8) is 0 Å². The Kier molecular flexibility index (Phi) is 4.41. The summed E-state index contributed by atoms with van der Waals surface area (Å²) in [4.78, 5) is 13.0. The highest BCUT2D eigenvalue weighted by Crippen LogP contribution is 2.33. The number of nitrogens with zero attached hydrogens (tertiary/aromatic N) is 1. The van der Waals surface area contributed by atoms with Crippen LogP contribution in [-0.2, 0) is 10.9 Å². The summed E-state index contributed by atoms with van der Waals surface area (Å²) in [5.41, 5.74) is -0.984. The minimum Gasteiger partial charge on any atom is -0.478 e. The predicted molar refractivity (Wildman–Crippen MR) is 70.6 cm³/mol. The highest BCUT2D eigenvalue weighted by atomic mass is 19.4. The van der Waals surface area contributed by atoms with Crippen molar-refractivity contribution in [2.75, 3.05) is 24.6 Å². The zero-order chi connectivity index (χ0) is 15.6. The molecule has 0 aromatic heterocycles. The van der Waals surface area contributed by atoms with Gasteiger partial charge in [0.25, 0.3) is 0 Å². The highest BCUT2D eigenvalue weighted by Gasteiger charge is 2.33. The summed E-state index contributed by atoms with van der Waals surface area (Å²) in [6.07, 6.45) is -3.83. The van der Waals surface area contributed by atoms with Crippen molar-refractivity contribution in [2.24, 2.45) is 0 Å². The summed E-state index contributed by atoms with van der Waals surface area (Å²) in [5.74, 6) is -1.37. The fourth-order valence-electron chi connectivity index (χ4n) is 2.34. The predicted octanol–water partition coefficient (Wildman–Crippen LogP) is 3.02. The monoisotopic (exact) mass is 303 g/mol. The van der Waals surface area contributed by atoms with E-state index in [1.54, 1.807) is 4.90 Å². The molecule has 1 aromatic rings. The van der Waals surface area contributed by atoms with Crippen LogP contribution in [0.2, 0.25) is 0 Å². The molecule has 0 amide bonds. The van der Waals surface area contributed by atoms with Gasteiger partial charge < -0.3 is 14.7 Å². The minimum atomic E-state index is -4.56. The summed E-state index contributed by atoms with van der Waals surface area (Å²) in [6.45, 7) is 3.31. The number of aromatic carboxylic acids is 1. The molecule has 0 spiro atoms. The van der Waals surface area contributed by atoms with Gasteiger partial charge in [0.2, 0.25) is 0 Å². The number of carbonyl (C=O) groups is 1. The Morgan fingerprint density at radius 3 is 2.76 bits per heavy atom. The van der Waals surface area contributed by atoms with Crippen LogP contribution in [0, 0.1) is 0 Å². The van der Waals surface area contributed by atoms with Crippen molar-refractivity contribution < 1.29 is 27.8 Å². The van der Waals surface area contributed by atoms with E-state index >= 15 is 0 Å². The topological polar surface area (TPSA) is 49.8 Å². The van der Waals surface area contributed by atoms with Crippen molar-refractivity contribution in [1.29, 1.82) is 0 Å². The van der Waals surface area contributed by atoms with Gasteiger partial charge in [0.15, 0.2) is 0 Å². The van der Waals surface area contributed by atoms with E-state index < -0.39 is 17.7 Å². The lowest BCUT2D eigenvalue weighted by Crippen LogP contribution is -2.42. The Labute approximate surface area is 120 Å². The zero-order valence-corrected chi connectivity index (χ0v) is 11.5. The van der Waals surface area contributed by atoms with Gasteiger partial charge in [-0.25, -0.2) is 4.79 Å². The SMILES string of the molecule is CCC1CN(c2ccc(C(F)(F)F)cc2C(=O)O)CCO1. The molecule has 2 rings (SSSR count). The average Bonchev–Trinajstić information content (AvgIpc) is 2.45. The molecule has 1 heterocycles. The van der Waals surface area contributed by atoms with Crippen LogP contribution in [0.1, 0.15) is 29.3 Å². The number of anilines is 1.